The molecule has 4 nitrogen and oxygen atoms in total. The van der Waals surface area contributed by atoms with Gasteiger partial charge in [0.15, 0.2) is 0 Å². The van der Waals surface area contributed by atoms with Gasteiger partial charge < -0.3 is 15.0 Å². The van der Waals surface area contributed by atoms with Crippen LogP contribution in [0.1, 0.15) is 25.3 Å². The number of carbonyl (C=O) groups excluding carboxylic acids is 1. The molecule has 21 heavy (non-hydrogen) atoms. The zero-order valence-corrected chi connectivity index (χ0v) is 13.7. The second-order valence-electron chi connectivity index (χ2n) is 5.54. The van der Waals surface area contributed by atoms with E-state index >= 15 is 0 Å². The molecule has 4 heteroatoms. The minimum Gasteiger partial charge on any atom is -0.375 e. The van der Waals surface area contributed by atoms with Crippen LogP contribution in [0.5, 0.6) is 0 Å². The summed E-state index contributed by atoms with van der Waals surface area (Å²) in [5.41, 5.74) is 1.27. The molecule has 0 aliphatic heterocycles. The zero-order valence-electron chi connectivity index (χ0n) is 13.7. The van der Waals surface area contributed by atoms with E-state index in [0.717, 1.165) is 19.4 Å². The van der Waals surface area contributed by atoms with Crippen molar-refractivity contribution < 1.29 is 9.53 Å². The Morgan fingerprint density at radius 3 is 2.52 bits per heavy atom. The molecular formula is C17H28N2O2. The molecular weight excluding hydrogens is 264 g/mol. The Morgan fingerprint density at radius 1 is 1.33 bits per heavy atom. The van der Waals surface area contributed by atoms with Crippen LogP contribution in [0.4, 0.5) is 0 Å². The van der Waals surface area contributed by atoms with Crippen LogP contribution in [0.25, 0.3) is 0 Å². The number of rotatable bonds is 9. The van der Waals surface area contributed by atoms with Crippen molar-refractivity contribution in [1.82, 2.24) is 10.2 Å². The van der Waals surface area contributed by atoms with Crippen molar-refractivity contribution in [3.05, 3.63) is 35.9 Å². The van der Waals surface area contributed by atoms with Gasteiger partial charge in [0.05, 0.1) is 0 Å². The van der Waals surface area contributed by atoms with Gasteiger partial charge in [0.25, 0.3) is 0 Å². The monoisotopic (exact) mass is 292 g/mol. The minimum atomic E-state index is -0.0254. The highest BCUT2D eigenvalue weighted by molar-refractivity contribution is 5.77. The van der Waals surface area contributed by atoms with Crippen molar-refractivity contribution in [2.24, 2.45) is 0 Å². The fourth-order valence-electron chi connectivity index (χ4n) is 2.74. The number of hydrogen-bond acceptors (Lipinski definition) is 3. The molecule has 1 rings (SSSR count). The Morgan fingerprint density at radius 2 is 2.00 bits per heavy atom. The van der Waals surface area contributed by atoms with E-state index in [0.29, 0.717) is 6.54 Å². The van der Waals surface area contributed by atoms with Crippen LogP contribution in [0.15, 0.2) is 30.3 Å². The van der Waals surface area contributed by atoms with Gasteiger partial charge >= 0.3 is 0 Å². The van der Waals surface area contributed by atoms with Crippen molar-refractivity contribution in [2.45, 2.75) is 25.2 Å². The third-order valence-corrected chi connectivity index (χ3v) is 4.15. The highest BCUT2D eigenvalue weighted by atomic mass is 16.5. The molecule has 0 spiro atoms. The van der Waals surface area contributed by atoms with Crippen molar-refractivity contribution in [3.8, 4) is 0 Å². The smallest absolute Gasteiger partial charge is 0.248 e. The maximum atomic E-state index is 12.0. The number of ether oxygens (including phenoxy) is 1. The van der Waals surface area contributed by atoms with E-state index in [1.165, 1.54) is 5.56 Å². The summed E-state index contributed by atoms with van der Waals surface area (Å²) >= 11 is 0. The molecule has 0 saturated carbocycles. The van der Waals surface area contributed by atoms with Crippen molar-refractivity contribution >= 4 is 5.91 Å². The zero-order chi connectivity index (χ0) is 15.7. The van der Waals surface area contributed by atoms with Gasteiger partial charge in [-0.15, -0.1) is 0 Å². The molecule has 0 bridgehead atoms. The Balaban J connectivity index is 2.98. The van der Waals surface area contributed by atoms with E-state index in [9.17, 15) is 4.79 Å². The molecule has 0 heterocycles. The van der Waals surface area contributed by atoms with E-state index < -0.39 is 0 Å². The van der Waals surface area contributed by atoms with Crippen LogP contribution < -0.4 is 5.32 Å². The summed E-state index contributed by atoms with van der Waals surface area (Å²) in [7, 11) is 5.37. The molecule has 0 radical (unpaired) electrons. The van der Waals surface area contributed by atoms with Crippen molar-refractivity contribution in [1.29, 1.82) is 0 Å². The predicted octanol–water partition coefficient (Wildman–Crippen LogP) is 2.05. The summed E-state index contributed by atoms with van der Waals surface area (Å²) in [6.07, 6.45) is 1.98. The lowest BCUT2D eigenvalue weighted by Gasteiger charge is -2.37. The SMILES string of the molecule is CCC(CCNC)(CN(C)C(=O)COC)c1ccccc1. The predicted molar refractivity (Wildman–Crippen MR) is 86.5 cm³/mol. The van der Waals surface area contributed by atoms with Crippen LogP contribution in [-0.4, -0.2) is 51.7 Å². The second-order valence-corrected chi connectivity index (χ2v) is 5.54. The van der Waals surface area contributed by atoms with Gasteiger partial charge in [-0.3, -0.25) is 4.79 Å². The van der Waals surface area contributed by atoms with Gasteiger partial charge in [-0.2, -0.15) is 0 Å². The van der Waals surface area contributed by atoms with Gasteiger partial charge in [-0.05, 0) is 32.0 Å². The van der Waals surface area contributed by atoms with Gasteiger partial charge in [0.2, 0.25) is 5.91 Å². The highest BCUT2D eigenvalue weighted by Crippen LogP contribution is 2.32. The number of carbonyl (C=O) groups is 1. The first-order chi connectivity index (χ1) is 10.1. The molecule has 0 fully saturated rings. The van der Waals surface area contributed by atoms with Crippen molar-refractivity contribution in [2.75, 3.05) is 40.9 Å². The van der Waals surface area contributed by atoms with Gasteiger partial charge in [0, 0.05) is 26.1 Å². The third kappa shape index (κ3) is 4.83. The molecule has 0 aliphatic carbocycles. The van der Waals surface area contributed by atoms with E-state index in [2.05, 4.69) is 36.5 Å². The number of benzene rings is 1. The first-order valence-electron chi connectivity index (χ1n) is 7.52. The maximum absolute atomic E-state index is 12.0. The molecule has 1 amide bonds. The van der Waals surface area contributed by atoms with Crippen LogP contribution in [0.3, 0.4) is 0 Å². The average molecular weight is 292 g/mol. The van der Waals surface area contributed by atoms with E-state index in [1.54, 1.807) is 12.0 Å². The summed E-state index contributed by atoms with van der Waals surface area (Å²) < 4.78 is 4.96. The Labute approximate surface area is 128 Å². The van der Waals surface area contributed by atoms with Crippen LogP contribution in [0, 0.1) is 0 Å². The molecule has 0 aliphatic rings. The fourth-order valence-corrected chi connectivity index (χ4v) is 2.74. The average Bonchev–Trinajstić information content (AvgIpc) is 2.52. The first kappa shape index (κ1) is 17.7. The summed E-state index contributed by atoms with van der Waals surface area (Å²) in [6.45, 7) is 3.96. The van der Waals surface area contributed by atoms with E-state index in [4.69, 9.17) is 4.74 Å². The Bertz CT molecular complexity index is 422. The second kappa shape index (κ2) is 8.80. The number of nitrogens with zero attached hydrogens (tertiary/aromatic N) is 1. The van der Waals surface area contributed by atoms with E-state index in [-0.39, 0.29) is 17.9 Å². The number of methoxy groups -OCH3 is 1. The van der Waals surface area contributed by atoms with Crippen LogP contribution in [0.2, 0.25) is 0 Å². The Kier molecular flexibility index (Phi) is 7.40. The molecule has 1 N–H and O–H groups in total. The molecule has 118 valence electrons. The number of nitrogens with one attached hydrogen (secondary N) is 1. The lowest BCUT2D eigenvalue weighted by atomic mass is 9.75. The standard InChI is InChI=1S/C17H28N2O2/c1-5-17(11-12-18-2,15-9-7-6-8-10-15)14-19(3)16(20)13-21-4/h6-10,18H,5,11-14H2,1-4H3. The van der Waals surface area contributed by atoms with Crippen LogP contribution >= 0.6 is 0 Å². The normalized spacial score (nSPS) is 13.7. The molecule has 1 aromatic carbocycles. The lowest BCUT2D eigenvalue weighted by Crippen LogP contribution is -2.44. The molecule has 1 atom stereocenters. The molecule has 1 unspecified atom stereocenters. The number of hydrogen-bond donors (Lipinski definition) is 1. The topological polar surface area (TPSA) is 41.6 Å². The molecule has 0 aromatic heterocycles. The largest absolute Gasteiger partial charge is 0.375 e. The first-order valence-corrected chi connectivity index (χ1v) is 7.52. The summed E-state index contributed by atoms with van der Waals surface area (Å²) in [6, 6.07) is 10.5. The summed E-state index contributed by atoms with van der Waals surface area (Å²) in [4.78, 5) is 13.8. The van der Waals surface area contributed by atoms with Crippen LogP contribution in [-0.2, 0) is 14.9 Å². The Hall–Kier alpha value is -1.39. The van der Waals surface area contributed by atoms with Gasteiger partial charge in [-0.1, -0.05) is 37.3 Å². The lowest BCUT2D eigenvalue weighted by molar-refractivity contribution is -0.134. The molecule has 0 saturated heterocycles. The van der Waals surface area contributed by atoms with Crippen molar-refractivity contribution in [3.63, 3.8) is 0 Å². The van der Waals surface area contributed by atoms with Gasteiger partial charge in [-0.25, -0.2) is 0 Å². The quantitative estimate of drug-likeness (QED) is 0.757. The summed E-state index contributed by atoms with van der Waals surface area (Å²) in [5, 5.41) is 3.23. The highest BCUT2D eigenvalue weighted by Gasteiger charge is 2.32. The number of amides is 1. The maximum Gasteiger partial charge on any atom is 0.248 e. The van der Waals surface area contributed by atoms with Gasteiger partial charge in [0.1, 0.15) is 6.61 Å². The summed E-state index contributed by atoms with van der Waals surface area (Å²) in [5.74, 6) is 0.0238. The third-order valence-electron chi connectivity index (χ3n) is 4.15. The fraction of sp³-hybridized carbons (Fsp3) is 0.588. The molecule has 1 aromatic rings. The minimum absolute atomic E-state index is 0.0238. The van der Waals surface area contributed by atoms with E-state index in [1.807, 2.05) is 20.2 Å². The number of likely N-dealkylation sites (N-methyl/N-ethyl adjacent to an activating group) is 1.